The van der Waals surface area contributed by atoms with Gasteiger partial charge in [-0.05, 0) is 173 Å². The summed E-state index contributed by atoms with van der Waals surface area (Å²) in [4.78, 5) is 59.5. The van der Waals surface area contributed by atoms with Gasteiger partial charge in [-0.15, -0.1) is 0 Å². The molecule has 0 saturated heterocycles. The number of rotatable bonds is 6. The number of benzene rings is 5. The molecule has 4 amide bonds. The molecule has 5 aromatic rings. The number of fused-ring (bicyclic) bond motifs is 2. The van der Waals surface area contributed by atoms with Crippen molar-refractivity contribution in [1.29, 1.82) is 0 Å². The first-order valence-electron chi connectivity index (χ1n) is 14.8. The van der Waals surface area contributed by atoms with Gasteiger partial charge in [0.25, 0.3) is 23.6 Å². The van der Waals surface area contributed by atoms with Crippen LogP contribution in [0.4, 0.5) is 0 Å². The Labute approximate surface area is 308 Å². The van der Waals surface area contributed by atoms with E-state index in [1.165, 1.54) is 9.80 Å². The maximum atomic E-state index is 14.1. The highest BCUT2D eigenvalue weighted by molar-refractivity contribution is 14.1. The van der Waals surface area contributed by atoms with Gasteiger partial charge in [0.15, 0.2) is 0 Å². The third-order valence-electron chi connectivity index (χ3n) is 9.54. The Balaban J connectivity index is 1.67. The quantitative estimate of drug-likeness (QED) is 0.0736. The monoisotopic (exact) mass is 1030 g/mol. The van der Waals surface area contributed by atoms with E-state index in [0.29, 0.717) is 58.7 Å². The zero-order valence-corrected chi connectivity index (χ0v) is 33.0. The van der Waals surface area contributed by atoms with Crippen LogP contribution in [-0.2, 0) is 0 Å². The first-order chi connectivity index (χ1) is 21.0. The molecule has 0 aromatic heterocycles. The first-order valence-corrected chi connectivity index (χ1v) is 19.1. The molecule has 2 heterocycles. The minimum atomic E-state index is -0.238. The van der Waals surface area contributed by atoms with Gasteiger partial charge in [0.1, 0.15) is 0 Å². The van der Waals surface area contributed by atoms with Crippen LogP contribution in [0.1, 0.15) is 94.8 Å². The van der Waals surface area contributed by atoms with E-state index in [-0.39, 0.29) is 35.7 Å². The molecule has 224 valence electrons. The maximum Gasteiger partial charge on any atom is 0.262 e. The lowest BCUT2D eigenvalue weighted by Gasteiger charge is -2.35. The lowest BCUT2D eigenvalue weighted by Crippen LogP contribution is -2.47. The van der Waals surface area contributed by atoms with Crippen molar-refractivity contribution in [2.45, 2.75) is 65.5 Å². The predicted molar refractivity (Wildman–Crippen MR) is 208 cm³/mol. The highest BCUT2D eigenvalue weighted by atomic mass is 127. The number of hydrogen-bond donors (Lipinski definition) is 0. The summed E-state index contributed by atoms with van der Waals surface area (Å²) in [5.41, 5.74) is 2.32. The fourth-order valence-electron chi connectivity index (χ4n) is 7.46. The standard InChI is InChI=1S/C34H26I4N2O4/c1-5-13(6-2)39-31(41)25-19(35)9-15-17-11-21(37)27-30-24(17)18(16-10-20(36)26(32(39)42)29(25)23(15)16)12-22(38)28(30)34(44)40(33(27)43)14(7-3)8-4/h9-14H,5-8H2,1-4H3. The van der Waals surface area contributed by atoms with Crippen molar-refractivity contribution in [3.05, 3.63) is 60.8 Å². The second-order valence-electron chi connectivity index (χ2n) is 11.5. The molecule has 0 aliphatic carbocycles. The molecule has 0 N–H and O–H groups in total. The molecule has 0 bridgehead atoms. The van der Waals surface area contributed by atoms with Crippen LogP contribution in [0.3, 0.4) is 0 Å². The van der Waals surface area contributed by atoms with Crippen LogP contribution in [0.25, 0.3) is 43.1 Å². The maximum absolute atomic E-state index is 14.1. The van der Waals surface area contributed by atoms with E-state index in [1.54, 1.807) is 0 Å². The molecule has 2 aliphatic rings. The van der Waals surface area contributed by atoms with Crippen molar-refractivity contribution >= 4 is 157 Å². The summed E-state index contributed by atoms with van der Waals surface area (Å²) in [6.07, 6.45) is 2.77. The zero-order chi connectivity index (χ0) is 31.5. The predicted octanol–water partition coefficient (Wildman–Crippen LogP) is 9.72. The van der Waals surface area contributed by atoms with E-state index < -0.39 is 0 Å². The lowest BCUT2D eigenvalue weighted by atomic mass is 9.81. The summed E-state index contributed by atoms with van der Waals surface area (Å²) in [5, 5.41) is 6.87. The number of nitrogens with zero attached hydrogens (tertiary/aromatic N) is 2. The zero-order valence-electron chi connectivity index (χ0n) is 24.3. The van der Waals surface area contributed by atoms with Gasteiger partial charge in [0.2, 0.25) is 0 Å². The molecule has 0 unspecified atom stereocenters. The number of halogens is 4. The Hall–Kier alpha value is -1.40. The van der Waals surface area contributed by atoms with Crippen molar-refractivity contribution in [3.8, 4) is 0 Å². The van der Waals surface area contributed by atoms with Crippen LogP contribution in [-0.4, -0.2) is 45.5 Å². The van der Waals surface area contributed by atoms with Crippen LogP contribution >= 0.6 is 90.4 Å². The lowest BCUT2D eigenvalue weighted by molar-refractivity contribution is 0.0513. The van der Waals surface area contributed by atoms with Gasteiger partial charge < -0.3 is 0 Å². The molecule has 0 spiro atoms. The van der Waals surface area contributed by atoms with Crippen LogP contribution in [0, 0.1) is 14.3 Å². The van der Waals surface area contributed by atoms with Crippen LogP contribution in [0.2, 0.25) is 0 Å². The molecular weight excluding hydrogens is 1010 g/mol. The summed E-state index contributed by atoms with van der Waals surface area (Å²) in [6.45, 7) is 8.05. The van der Waals surface area contributed by atoms with Gasteiger partial charge in [-0.1, -0.05) is 27.7 Å². The van der Waals surface area contributed by atoms with Gasteiger partial charge in [-0.3, -0.25) is 29.0 Å². The molecular formula is C34H26I4N2O4. The second kappa shape index (κ2) is 11.1. The Morgan fingerprint density at radius 2 is 0.682 bits per heavy atom. The SMILES string of the molecule is CCC(CC)N1C(=O)c2c(I)cc3c4cc(I)c5c6c(c(I)cc(c7cc(I)c(c2c37)C1=O)c64)C(=O)N(C(CC)CC)C5=O. The smallest absolute Gasteiger partial charge is 0.262 e. The van der Waals surface area contributed by atoms with Gasteiger partial charge >= 0.3 is 0 Å². The van der Waals surface area contributed by atoms with E-state index >= 15 is 0 Å². The summed E-state index contributed by atoms with van der Waals surface area (Å²) >= 11 is 8.94. The Morgan fingerprint density at radius 1 is 0.455 bits per heavy atom. The average molecular weight is 1030 g/mol. The van der Waals surface area contributed by atoms with Crippen LogP contribution in [0.15, 0.2) is 24.3 Å². The molecule has 2 aliphatic heterocycles. The fraction of sp³-hybridized carbons (Fsp3) is 0.294. The molecule has 5 aromatic carbocycles. The molecule has 6 nitrogen and oxygen atoms in total. The minimum absolute atomic E-state index is 0.174. The molecule has 0 fully saturated rings. The average Bonchev–Trinajstić information content (AvgIpc) is 2.98. The molecule has 10 heteroatoms. The summed E-state index contributed by atoms with van der Waals surface area (Å²) in [6, 6.07) is 7.85. The minimum Gasteiger partial charge on any atom is -0.271 e. The van der Waals surface area contributed by atoms with Crippen molar-refractivity contribution < 1.29 is 19.2 Å². The number of imide groups is 2. The Bertz CT molecular complexity index is 1880. The Kier molecular flexibility index (Phi) is 7.87. The summed E-state index contributed by atoms with van der Waals surface area (Å²) < 4.78 is 3.14. The van der Waals surface area contributed by atoms with E-state index in [9.17, 15) is 19.2 Å². The topological polar surface area (TPSA) is 74.8 Å². The number of amides is 4. The van der Waals surface area contributed by atoms with E-state index in [1.807, 2.05) is 52.0 Å². The van der Waals surface area contributed by atoms with E-state index in [4.69, 9.17) is 0 Å². The normalized spacial score (nSPS) is 15.2. The van der Waals surface area contributed by atoms with Crippen molar-refractivity contribution in [2.24, 2.45) is 0 Å². The molecule has 0 saturated carbocycles. The van der Waals surface area contributed by atoms with Crippen molar-refractivity contribution in [2.75, 3.05) is 0 Å². The van der Waals surface area contributed by atoms with Crippen LogP contribution < -0.4 is 0 Å². The van der Waals surface area contributed by atoms with E-state index in [0.717, 1.165) is 46.6 Å². The number of hydrogen-bond acceptors (Lipinski definition) is 4. The van der Waals surface area contributed by atoms with Crippen molar-refractivity contribution in [1.82, 2.24) is 9.80 Å². The van der Waals surface area contributed by atoms with Gasteiger partial charge in [0, 0.05) is 37.1 Å². The highest BCUT2D eigenvalue weighted by Crippen LogP contribution is 2.50. The molecule has 44 heavy (non-hydrogen) atoms. The third kappa shape index (κ3) is 3.97. The Morgan fingerprint density at radius 3 is 0.886 bits per heavy atom. The number of carbonyl (C=O) groups excluding carboxylic acids is 4. The highest BCUT2D eigenvalue weighted by Gasteiger charge is 2.42. The van der Waals surface area contributed by atoms with Gasteiger partial charge in [0.05, 0.1) is 22.3 Å². The summed E-state index contributed by atoms with van der Waals surface area (Å²) in [5.74, 6) is -0.952. The van der Waals surface area contributed by atoms with E-state index in [2.05, 4.69) is 90.4 Å². The largest absolute Gasteiger partial charge is 0.271 e. The summed E-state index contributed by atoms with van der Waals surface area (Å²) in [7, 11) is 0. The molecule has 0 atom stereocenters. The second-order valence-corrected chi connectivity index (χ2v) is 16.2. The van der Waals surface area contributed by atoms with Gasteiger partial charge in [-0.2, -0.15) is 0 Å². The van der Waals surface area contributed by atoms with Crippen molar-refractivity contribution in [3.63, 3.8) is 0 Å². The van der Waals surface area contributed by atoms with Crippen LogP contribution in [0.5, 0.6) is 0 Å². The number of carbonyl (C=O) groups is 4. The van der Waals surface area contributed by atoms with Gasteiger partial charge in [-0.25, -0.2) is 0 Å². The third-order valence-corrected chi connectivity index (χ3v) is 12.9. The molecule has 0 radical (unpaired) electrons. The molecule has 7 rings (SSSR count). The fourth-order valence-corrected chi connectivity index (χ4v) is 10.7. The first kappa shape index (κ1) is 31.2.